The van der Waals surface area contributed by atoms with E-state index in [4.69, 9.17) is 0 Å². The number of hydrogen-bond donors (Lipinski definition) is 1. The molecule has 2 aliphatic rings. The second-order valence-electron chi connectivity index (χ2n) is 6.39. The minimum atomic E-state index is -0.0165. The molecule has 0 unspecified atom stereocenters. The minimum absolute atomic E-state index is 0.0165. The highest BCUT2D eigenvalue weighted by Crippen LogP contribution is 2.42. The lowest BCUT2D eigenvalue weighted by atomic mass is 9.83. The van der Waals surface area contributed by atoms with Crippen molar-refractivity contribution in [3.63, 3.8) is 0 Å². The van der Waals surface area contributed by atoms with Crippen molar-refractivity contribution in [3.05, 3.63) is 77.1 Å². The van der Waals surface area contributed by atoms with Gasteiger partial charge in [-0.3, -0.25) is 4.79 Å². The zero-order chi connectivity index (χ0) is 15.7. The van der Waals surface area contributed by atoms with E-state index in [1.807, 2.05) is 31.2 Å². The van der Waals surface area contributed by atoms with Crippen molar-refractivity contribution >= 4 is 11.5 Å². The first kappa shape index (κ1) is 14.6. The molecule has 1 aliphatic carbocycles. The largest absolute Gasteiger partial charge is 0.358 e. The molecule has 22 heavy (non-hydrogen) atoms. The molecule has 1 N–H and O–H groups in total. The molecule has 112 valence electrons. The molecule has 1 aromatic carbocycles. The van der Waals surface area contributed by atoms with E-state index in [-0.39, 0.29) is 11.2 Å². The molecule has 2 heteroatoms. The normalized spacial score (nSPS) is 22.7. The highest BCUT2D eigenvalue weighted by Gasteiger charge is 2.33. The first-order valence-corrected chi connectivity index (χ1v) is 7.66. The van der Waals surface area contributed by atoms with Gasteiger partial charge in [0.05, 0.1) is 0 Å². The van der Waals surface area contributed by atoms with Gasteiger partial charge in [-0.25, -0.2) is 0 Å². The number of benzene rings is 1. The quantitative estimate of drug-likeness (QED) is 0.802. The Morgan fingerprint density at radius 3 is 2.68 bits per heavy atom. The van der Waals surface area contributed by atoms with E-state index < -0.39 is 0 Å². The molecule has 0 fully saturated rings. The Bertz CT molecular complexity index is 745. The molecule has 0 bridgehead atoms. The molecule has 1 aromatic rings. The van der Waals surface area contributed by atoms with Crippen LogP contribution in [0.1, 0.15) is 32.8 Å². The SMILES string of the molecule is CC1=C/C(=C\C/C=C2/Nc3ccccc3C2(C)C)C(=O)C=C1. The van der Waals surface area contributed by atoms with Crippen LogP contribution in [0.15, 0.2) is 71.5 Å². The molecule has 0 spiro atoms. The van der Waals surface area contributed by atoms with Gasteiger partial charge in [0.25, 0.3) is 0 Å². The van der Waals surface area contributed by atoms with Gasteiger partial charge < -0.3 is 5.32 Å². The predicted octanol–water partition coefficient (Wildman–Crippen LogP) is 4.68. The predicted molar refractivity (Wildman–Crippen MR) is 91.8 cm³/mol. The Kier molecular flexibility index (Phi) is 3.61. The van der Waals surface area contributed by atoms with Crippen molar-refractivity contribution in [1.29, 1.82) is 0 Å². The Hall–Kier alpha value is -2.35. The Labute approximate surface area is 131 Å². The highest BCUT2D eigenvalue weighted by molar-refractivity contribution is 6.07. The second-order valence-corrected chi connectivity index (χ2v) is 6.39. The van der Waals surface area contributed by atoms with Gasteiger partial charge in [0, 0.05) is 22.4 Å². The zero-order valence-electron chi connectivity index (χ0n) is 13.3. The number of allylic oxidation sites excluding steroid dienone is 8. The maximum atomic E-state index is 11.8. The van der Waals surface area contributed by atoms with Gasteiger partial charge in [-0.15, -0.1) is 0 Å². The summed E-state index contributed by atoms with van der Waals surface area (Å²) in [7, 11) is 0. The van der Waals surface area contributed by atoms with E-state index in [9.17, 15) is 4.79 Å². The maximum absolute atomic E-state index is 11.8. The first-order chi connectivity index (χ1) is 10.5. The molecule has 0 radical (unpaired) electrons. The van der Waals surface area contributed by atoms with E-state index in [2.05, 4.69) is 43.4 Å². The molecule has 0 saturated heterocycles. The minimum Gasteiger partial charge on any atom is -0.358 e. The van der Waals surface area contributed by atoms with Crippen LogP contribution in [0.3, 0.4) is 0 Å². The van der Waals surface area contributed by atoms with Gasteiger partial charge >= 0.3 is 0 Å². The summed E-state index contributed by atoms with van der Waals surface area (Å²) in [4.78, 5) is 11.8. The number of anilines is 1. The van der Waals surface area contributed by atoms with E-state index >= 15 is 0 Å². The summed E-state index contributed by atoms with van der Waals surface area (Å²) in [5.74, 6) is 0.0888. The Morgan fingerprint density at radius 2 is 1.91 bits per heavy atom. The molecule has 1 heterocycles. The summed E-state index contributed by atoms with van der Waals surface area (Å²) in [6.07, 6.45) is 10.4. The fourth-order valence-electron chi connectivity index (χ4n) is 3.02. The van der Waals surface area contributed by atoms with E-state index in [1.165, 1.54) is 16.9 Å². The summed E-state index contributed by atoms with van der Waals surface area (Å²) < 4.78 is 0. The third-order valence-electron chi connectivity index (χ3n) is 4.37. The fraction of sp³-hybridized carbons (Fsp3) is 0.250. The molecule has 2 nitrogen and oxygen atoms in total. The number of fused-ring (bicyclic) bond motifs is 1. The summed E-state index contributed by atoms with van der Waals surface area (Å²) in [5.41, 5.74) is 5.58. The van der Waals surface area contributed by atoms with Crippen LogP contribution in [0.5, 0.6) is 0 Å². The van der Waals surface area contributed by atoms with Crippen LogP contribution in [0.2, 0.25) is 0 Å². The fourth-order valence-corrected chi connectivity index (χ4v) is 3.02. The van der Waals surface area contributed by atoms with Crippen molar-refractivity contribution in [2.45, 2.75) is 32.6 Å². The maximum Gasteiger partial charge on any atom is 0.185 e. The van der Waals surface area contributed by atoms with Crippen LogP contribution in [0.4, 0.5) is 5.69 Å². The van der Waals surface area contributed by atoms with E-state index in [1.54, 1.807) is 6.08 Å². The summed E-state index contributed by atoms with van der Waals surface area (Å²) >= 11 is 0. The molecule has 0 atom stereocenters. The van der Waals surface area contributed by atoms with Crippen LogP contribution in [-0.4, -0.2) is 5.78 Å². The van der Waals surface area contributed by atoms with Gasteiger partial charge in [0.2, 0.25) is 0 Å². The number of nitrogens with one attached hydrogen (secondary N) is 1. The molecular weight excluding hydrogens is 270 g/mol. The van der Waals surface area contributed by atoms with Crippen LogP contribution in [-0.2, 0) is 10.2 Å². The van der Waals surface area contributed by atoms with Gasteiger partial charge in [-0.2, -0.15) is 0 Å². The number of rotatable bonds is 2. The lowest BCUT2D eigenvalue weighted by Gasteiger charge is -2.20. The molecule has 3 rings (SSSR count). The smallest absolute Gasteiger partial charge is 0.185 e. The van der Waals surface area contributed by atoms with Crippen LogP contribution >= 0.6 is 0 Å². The van der Waals surface area contributed by atoms with Crippen molar-refractivity contribution in [3.8, 4) is 0 Å². The Morgan fingerprint density at radius 1 is 1.14 bits per heavy atom. The molecule has 1 aliphatic heterocycles. The van der Waals surface area contributed by atoms with Crippen molar-refractivity contribution in [1.82, 2.24) is 0 Å². The summed E-state index contributed by atoms with van der Waals surface area (Å²) in [5, 5.41) is 3.50. The number of hydrogen-bond acceptors (Lipinski definition) is 2. The second kappa shape index (κ2) is 5.45. The summed E-state index contributed by atoms with van der Waals surface area (Å²) in [6, 6.07) is 8.41. The Balaban J connectivity index is 1.81. The molecule has 0 saturated carbocycles. The molecular formula is C20H21NO. The monoisotopic (exact) mass is 291 g/mol. The summed E-state index contributed by atoms with van der Waals surface area (Å²) in [6.45, 7) is 6.46. The van der Waals surface area contributed by atoms with Crippen molar-refractivity contribution in [2.75, 3.05) is 5.32 Å². The first-order valence-electron chi connectivity index (χ1n) is 7.66. The number of para-hydroxylation sites is 1. The van der Waals surface area contributed by atoms with Crippen molar-refractivity contribution < 1.29 is 4.79 Å². The standard InChI is InChI=1S/C20H21NO/c1-14-11-12-18(22)15(13-14)7-6-10-19-20(2,3)16-8-4-5-9-17(16)21-19/h4-5,7-13,21H,6H2,1-3H3/b15-7+,19-10+. The number of carbonyl (C=O) groups excluding carboxylic acids is 1. The molecule has 0 aromatic heterocycles. The van der Waals surface area contributed by atoms with Crippen LogP contribution in [0.25, 0.3) is 0 Å². The highest BCUT2D eigenvalue weighted by atomic mass is 16.1. The van der Waals surface area contributed by atoms with Crippen LogP contribution < -0.4 is 5.32 Å². The average Bonchev–Trinajstić information content (AvgIpc) is 2.74. The lowest BCUT2D eigenvalue weighted by molar-refractivity contribution is -0.111. The zero-order valence-corrected chi connectivity index (χ0v) is 13.3. The van der Waals surface area contributed by atoms with Crippen molar-refractivity contribution in [2.24, 2.45) is 0 Å². The van der Waals surface area contributed by atoms with Crippen LogP contribution in [0, 0.1) is 0 Å². The third-order valence-corrected chi connectivity index (χ3v) is 4.37. The van der Waals surface area contributed by atoms with Gasteiger partial charge in [0.1, 0.15) is 0 Å². The number of ketones is 1. The topological polar surface area (TPSA) is 29.1 Å². The van der Waals surface area contributed by atoms with E-state index in [0.717, 1.165) is 17.6 Å². The van der Waals surface area contributed by atoms with E-state index in [0.29, 0.717) is 0 Å². The third kappa shape index (κ3) is 2.57. The van der Waals surface area contributed by atoms with Gasteiger partial charge in [-0.05, 0) is 37.1 Å². The van der Waals surface area contributed by atoms with Gasteiger partial charge in [0.15, 0.2) is 5.78 Å². The van der Waals surface area contributed by atoms with Gasteiger partial charge in [-0.1, -0.05) is 55.8 Å². The molecule has 0 amide bonds. The average molecular weight is 291 g/mol. The lowest BCUT2D eigenvalue weighted by Crippen LogP contribution is -2.17. The number of carbonyl (C=O) groups is 1.